The van der Waals surface area contributed by atoms with Crippen LogP contribution in [-0.4, -0.2) is 53.3 Å². The van der Waals surface area contributed by atoms with Crippen molar-refractivity contribution in [1.29, 1.82) is 0 Å². The van der Waals surface area contributed by atoms with E-state index in [1.165, 1.54) is 0 Å². The molecule has 2 N–H and O–H groups in total. The Bertz CT molecular complexity index is 323. The maximum atomic E-state index is 12.1. The van der Waals surface area contributed by atoms with Gasteiger partial charge in [0.15, 0.2) is 0 Å². The molecule has 0 bridgehead atoms. The van der Waals surface area contributed by atoms with Crippen LogP contribution < -0.4 is 5.32 Å². The maximum Gasteiger partial charge on any atom is 0.326 e. The van der Waals surface area contributed by atoms with Gasteiger partial charge in [-0.05, 0) is 26.2 Å². The Hall–Kier alpha value is -1.30. The van der Waals surface area contributed by atoms with Crippen molar-refractivity contribution in [2.24, 2.45) is 5.92 Å². The molecule has 0 spiro atoms. The lowest BCUT2D eigenvalue weighted by molar-refractivity contribution is -0.139. The number of carbonyl (C=O) groups excluding carboxylic acids is 1. The molecule has 1 fully saturated rings. The number of hydrogen-bond acceptors (Lipinski definition) is 3. The van der Waals surface area contributed by atoms with Crippen molar-refractivity contribution in [3.8, 4) is 0 Å². The fraction of sp³-hybridized carbons (Fsp3) is 0.846. The van der Waals surface area contributed by atoms with Gasteiger partial charge in [0, 0.05) is 13.1 Å². The van der Waals surface area contributed by atoms with Gasteiger partial charge in [-0.25, -0.2) is 9.59 Å². The summed E-state index contributed by atoms with van der Waals surface area (Å²) in [5.74, 6) is -0.777. The van der Waals surface area contributed by atoms with Crippen LogP contribution >= 0.6 is 0 Å². The van der Waals surface area contributed by atoms with E-state index in [0.29, 0.717) is 19.5 Å². The molecule has 1 aliphatic rings. The molecule has 6 nitrogen and oxygen atoms in total. The first-order valence-electron chi connectivity index (χ1n) is 6.73. The maximum absolute atomic E-state index is 12.1. The van der Waals surface area contributed by atoms with E-state index in [2.05, 4.69) is 5.32 Å². The minimum absolute atomic E-state index is 0.0251. The van der Waals surface area contributed by atoms with E-state index in [1.807, 2.05) is 27.7 Å². The van der Waals surface area contributed by atoms with Gasteiger partial charge in [0.2, 0.25) is 0 Å². The van der Waals surface area contributed by atoms with Gasteiger partial charge in [-0.2, -0.15) is 0 Å². The molecule has 110 valence electrons. The summed E-state index contributed by atoms with van der Waals surface area (Å²) in [6, 6.07) is -1.16. The predicted molar refractivity (Wildman–Crippen MR) is 71.0 cm³/mol. The third-order valence-electron chi connectivity index (χ3n) is 3.01. The molecule has 0 aromatic heterocycles. The van der Waals surface area contributed by atoms with Crippen molar-refractivity contribution >= 4 is 12.0 Å². The Kier molecular flexibility index (Phi) is 5.60. The van der Waals surface area contributed by atoms with Crippen LogP contribution in [0.4, 0.5) is 4.79 Å². The molecular weight excluding hydrogens is 248 g/mol. The van der Waals surface area contributed by atoms with E-state index in [1.54, 1.807) is 4.90 Å². The quantitative estimate of drug-likeness (QED) is 0.808. The molecule has 6 heteroatoms. The molecule has 2 amide bonds. The highest BCUT2D eigenvalue weighted by Gasteiger charge is 2.29. The second kappa shape index (κ2) is 6.75. The van der Waals surface area contributed by atoms with Crippen LogP contribution in [0.1, 0.15) is 34.1 Å². The minimum atomic E-state index is -0.989. The first-order valence-corrected chi connectivity index (χ1v) is 6.73. The van der Waals surface area contributed by atoms with Gasteiger partial charge in [-0.15, -0.1) is 0 Å². The van der Waals surface area contributed by atoms with E-state index in [0.717, 1.165) is 0 Å². The Balaban J connectivity index is 2.58. The van der Waals surface area contributed by atoms with Crippen LogP contribution in [0.25, 0.3) is 0 Å². The topological polar surface area (TPSA) is 78.9 Å². The van der Waals surface area contributed by atoms with E-state index in [9.17, 15) is 9.59 Å². The molecule has 3 unspecified atom stereocenters. The molecule has 3 atom stereocenters. The van der Waals surface area contributed by atoms with Gasteiger partial charge in [0.05, 0.1) is 12.2 Å². The van der Waals surface area contributed by atoms with E-state index < -0.39 is 12.0 Å². The van der Waals surface area contributed by atoms with Crippen molar-refractivity contribution in [2.45, 2.75) is 52.4 Å². The molecule has 0 aliphatic carbocycles. The predicted octanol–water partition coefficient (Wildman–Crippen LogP) is 1.30. The number of urea groups is 1. The molecular formula is C13H24N2O4. The number of carbonyl (C=O) groups is 2. The molecule has 0 aromatic carbocycles. The Morgan fingerprint density at radius 3 is 2.26 bits per heavy atom. The number of aliphatic carboxylic acids is 1. The molecule has 0 saturated carbocycles. The van der Waals surface area contributed by atoms with Gasteiger partial charge in [-0.3, -0.25) is 0 Å². The van der Waals surface area contributed by atoms with Crippen molar-refractivity contribution in [2.75, 3.05) is 13.1 Å². The Morgan fingerprint density at radius 1 is 1.32 bits per heavy atom. The number of carboxylic acids is 1. The number of nitrogens with one attached hydrogen (secondary N) is 1. The number of nitrogens with zero attached hydrogens (tertiary/aromatic N) is 1. The lowest BCUT2D eigenvalue weighted by Crippen LogP contribution is -2.54. The average molecular weight is 272 g/mol. The fourth-order valence-corrected chi connectivity index (χ4v) is 2.28. The number of amides is 2. The zero-order valence-electron chi connectivity index (χ0n) is 12.0. The largest absolute Gasteiger partial charge is 0.480 e. The second-order valence-electron chi connectivity index (χ2n) is 5.63. The van der Waals surface area contributed by atoms with Crippen LogP contribution in [0.15, 0.2) is 0 Å². The van der Waals surface area contributed by atoms with Crippen LogP contribution in [0, 0.1) is 5.92 Å². The molecule has 1 aliphatic heterocycles. The lowest BCUT2D eigenvalue weighted by Gasteiger charge is -2.35. The summed E-state index contributed by atoms with van der Waals surface area (Å²) in [5, 5.41) is 11.7. The summed E-state index contributed by atoms with van der Waals surface area (Å²) < 4.78 is 5.55. The highest BCUT2D eigenvalue weighted by Crippen LogP contribution is 2.12. The van der Waals surface area contributed by atoms with Crippen LogP contribution in [0.3, 0.4) is 0 Å². The van der Waals surface area contributed by atoms with Crippen molar-refractivity contribution in [3.05, 3.63) is 0 Å². The third-order valence-corrected chi connectivity index (χ3v) is 3.01. The smallest absolute Gasteiger partial charge is 0.326 e. The van der Waals surface area contributed by atoms with Crippen LogP contribution in [0.5, 0.6) is 0 Å². The third kappa shape index (κ3) is 5.06. The van der Waals surface area contributed by atoms with E-state index >= 15 is 0 Å². The van der Waals surface area contributed by atoms with Crippen LogP contribution in [0.2, 0.25) is 0 Å². The first kappa shape index (κ1) is 15.8. The zero-order chi connectivity index (χ0) is 14.6. The summed E-state index contributed by atoms with van der Waals surface area (Å²) in [4.78, 5) is 24.8. The molecule has 1 heterocycles. The summed E-state index contributed by atoms with van der Waals surface area (Å²) in [7, 11) is 0. The number of morpholine rings is 1. The number of carboxylic acid groups (broad SMARTS) is 1. The molecule has 1 saturated heterocycles. The number of rotatable bonds is 4. The van der Waals surface area contributed by atoms with Crippen molar-refractivity contribution < 1.29 is 19.4 Å². The SMILES string of the molecule is CC(C)CC(NC(=O)N1CC(C)OC(C)C1)C(=O)O. The minimum Gasteiger partial charge on any atom is -0.480 e. The molecule has 19 heavy (non-hydrogen) atoms. The van der Waals surface area contributed by atoms with Gasteiger partial charge in [-0.1, -0.05) is 13.8 Å². The standard InChI is InChI=1S/C13H24N2O4/c1-8(2)5-11(12(16)17)14-13(18)15-6-9(3)19-10(4)7-15/h8-11H,5-7H2,1-4H3,(H,14,18)(H,16,17). The fourth-order valence-electron chi connectivity index (χ4n) is 2.28. The van der Waals surface area contributed by atoms with Gasteiger partial charge in [0.25, 0.3) is 0 Å². The number of ether oxygens (including phenoxy) is 1. The Labute approximate surface area is 114 Å². The summed E-state index contributed by atoms with van der Waals surface area (Å²) in [6.45, 7) is 8.65. The summed E-state index contributed by atoms with van der Waals surface area (Å²) in [5.41, 5.74) is 0. The molecule has 0 radical (unpaired) electrons. The number of hydrogen-bond donors (Lipinski definition) is 2. The summed E-state index contributed by atoms with van der Waals surface area (Å²) >= 11 is 0. The highest BCUT2D eigenvalue weighted by atomic mass is 16.5. The van der Waals surface area contributed by atoms with Gasteiger partial charge < -0.3 is 20.1 Å². The zero-order valence-corrected chi connectivity index (χ0v) is 12.0. The summed E-state index contributed by atoms with van der Waals surface area (Å²) in [6.07, 6.45) is 0.377. The van der Waals surface area contributed by atoms with Gasteiger partial charge in [0.1, 0.15) is 6.04 Å². The second-order valence-corrected chi connectivity index (χ2v) is 5.63. The van der Waals surface area contributed by atoms with E-state index in [4.69, 9.17) is 9.84 Å². The monoisotopic (exact) mass is 272 g/mol. The van der Waals surface area contributed by atoms with Crippen molar-refractivity contribution in [3.63, 3.8) is 0 Å². The van der Waals surface area contributed by atoms with E-state index in [-0.39, 0.29) is 24.2 Å². The molecule has 0 aromatic rings. The normalized spacial score (nSPS) is 25.2. The Morgan fingerprint density at radius 2 is 1.84 bits per heavy atom. The molecule has 1 rings (SSSR count). The first-order chi connectivity index (χ1) is 8.79. The van der Waals surface area contributed by atoms with Crippen molar-refractivity contribution in [1.82, 2.24) is 10.2 Å². The lowest BCUT2D eigenvalue weighted by atomic mass is 10.0. The highest BCUT2D eigenvalue weighted by molar-refractivity contribution is 5.82. The van der Waals surface area contributed by atoms with Gasteiger partial charge >= 0.3 is 12.0 Å². The van der Waals surface area contributed by atoms with Crippen LogP contribution in [-0.2, 0) is 9.53 Å². The average Bonchev–Trinajstić information content (AvgIpc) is 2.25.